The molecule has 1 aliphatic rings. The second-order valence-corrected chi connectivity index (χ2v) is 6.14. The van der Waals surface area contributed by atoms with Crippen molar-refractivity contribution >= 4 is 6.21 Å². The third-order valence-corrected chi connectivity index (χ3v) is 4.38. The van der Waals surface area contributed by atoms with Crippen LogP contribution in [0.3, 0.4) is 0 Å². The lowest BCUT2D eigenvalue weighted by Crippen LogP contribution is -2.04. The molecular weight excluding hydrogens is 289 g/mol. The zero-order valence-electron chi connectivity index (χ0n) is 13.2. The topological polar surface area (TPSA) is 21.6 Å². The van der Waals surface area contributed by atoms with Crippen LogP contribution in [0.25, 0.3) is 0 Å². The van der Waals surface area contributed by atoms with Crippen LogP contribution in [0.5, 0.6) is 0 Å². The molecule has 0 unspecified atom stereocenters. The van der Waals surface area contributed by atoms with E-state index in [-0.39, 0.29) is 12.4 Å². The van der Waals surface area contributed by atoms with E-state index in [1.54, 1.807) is 12.3 Å². The average Bonchev–Trinajstić information content (AvgIpc) is 2.60. The van der Waals surface area contributed by atoms with Gasteiger partial charge in [0.25, 0.3) is 0 Å². The summed E-state index contributed by atoms with van der Waals surface area (Å²) < 4.78 is 13.1. The number of nitrogens with zero attached hydrogens (tertiary/aromatic N) is 1. The van der Waals surface area contributed by atoms with E-state index < -0.39 is 0 Å². The normalized spacial score (nSPS) is 15.9. The molecule has 1 fully saturated rings. The number of oxime groups is 1. The van der Waals surface area contributed by atoms with Crippen molar-refractivity contribution in [3.05, 3.63) is 71.0 Å². The first-order valence-corrected chi connectivity index (χ1v) is 8.31. The SMILES string of the molecule is Fc1cccc(CON=Cc2cccc(C3CCCCC3)c2)c1. The Kier molecular flexibility index (Phi) is 5.41. The van der Waals surface area contributed by atoms with Crippen molar-refractivity contribution in [3.63, 3.8) is 0 Å². The fourth-order valence-corrected chi connectivity index (χ4v) is 3.17. The number of halogens is 1. The van der Waals surface area contributed by atoms with Crippen LogP contribution in [0.4, 0.5) is 4.39 Å². The summed E-state index contributed by atoms with van der Waals surface area (Å²) in [4.78, 5) is 5.27. The van der Waals surface area contributed by atoms with Gasteiger partial charge in [-0.2, -0.15) is 0 Å². The molecule has 1 saturated carbocycles. The van der Waals surface area contributed by atoms with Crippen LogP contribution in [0, 0.1) is 5.82 Å². The minimum absolute atomic E-state index is 0.254. The molecule has 120 valence electrons. The quantitative estimate of drug-likeness (QED) is 0.533. The lowest BCUT2D eigenvalue weighted by atomic mass is 9.84. The van der Waals surface area contributed by atoms with E-state index in [1.807, 2.05) is 12.1 Å². The van der Waals surface area contributed by atoms with Gasteiger partial charge in [0.1, 0.15) is 12.4 Å². The zero-order valence-corrected chi connectivity index (χ0v) is 13.2. The number of hydrogen-bond donors (Lipinski definition) is 0. The molecule has 23 heavy (non-hydrogen) atoms. The minimum atomic E-state index is -0.254. The molecular formula is C20H22FNO. The molecule has 0 saturated heterocycles. The second kappa shape index (κ2) is 7.91. The van der Waals surface area contributed by atoms with E-state index >= 15 is 0 Å². The first-order valence-electron chi connectivity index (χ1n) is 8.31. The maximum Gasteiger partial charge on any atom is 0.142 e. The fourth-order valence-electron chi connectivity index (χ4n) is 3.17. The lowest BCUT2D eigenvalue weighted by Gasteiger charge is -2.22. The maximum absolute atomic E-state index is 13.1. The van der Waals surface area contributed by atoms with Crippen LogP contribution in [-0.2, 0) is 11.4 Å². The van der Waals surface area contributed by atoms with Crippen molar-refractivity contribution in [2.75, 3.05) is 0 Å². The van der Waals surface area contributed by atoms with Gasteiger partial charge in [0.15, 0.2) is 0 Å². The molecule has 0 aromatic heterocycles. The summed E-state index contributed by atoms with van der Waals surface area (Å²) in [6.07, 6.45) is 8.34. The van der Waals surface area contributed by atoms with Gasteiger partial charge in [-0.1, -0.05) is 54.8 Å². The summed E-state index contributed by atoms with van der Waals surface area (Å²) in [7, 11) is 0. The third-order valence-electron chi connectivity index (χ3n) is 4.38. The van der Waals surface area contributed by atoms with Gasteiger partial charge in [-0.15, -0.1) is 0 Å². The van der Waals surface area contributed by atoms with Crippen molar-refractivity contribution in [1.29, 1.82) is 0 Å². The highest BCUT2D eigenvalue weighted by Crippen LogP contribution is 2.32. The van der Waals surface area contributed by atoms with Gasteiger partial charge in [0, 0.05) is 0 Å². The lowest BCUT2D eigenvalue weighted by molar-refractivity contribution is 0.132. The summed E-state index contributed by atoms with van der Waals surface area (Å²) >= 11 is 0. The fraction of sp³-hybridized carbons (Fsp3) is 0.350. The summed E-state index contributed by atoms with van der Waals surface area (Å²) in [5, 5.41) is 4.01. The third kappa shape index (κ3) is 4.65. The molecule has 0 bridgehead atoms. The van der Waals surface area contributed by atoms with E-state index in [0.717, 1.165) is 11.1 Å². The van der Waals surface area contributed by atoms with Gasteiger partial charge >= 0.3 is 0 Å². The van der Waals surface area contributed by atoms with Gasteiger partial charge in [-0.3, -0.25) is 0 Å². The van der Waals surface area contributed by atoms with Crippen LogP contribution >= 0.6 is 0 Å². The Morgan fingerprint density at radius 2 is 1.87 bits per heavy atom. The molecule has 2 aromatic carbocycles. The highest BCUT2D eigenvalue weighted by atomic mass is 19.1. The van der Waals surface area contributed by atoms with Gasteiger partial charge in [0.05, 0.1) is 6.21 Å². The van der Waals surface area contributed by atoms with Gasteiger partial charge < -0.3 is 4.84 Å². The Morgan fingerprint density at radius 1 is 1.04 bits per heavy atom. The summed E-state index contributed by atoms with van der Waals surface area (Å²) in [5.74, 6) is 0.431. The second-order valence-electron chi connectivity index (χ2n) is 6.14. The monoisotopic (exact) mass is 311 g/mol. The van der Waals surface area contributed by atoms with E-state index in [0.29, 0.717) is 5.92 Å². The standard InChI is InChI=1S/C20H22FNO/c21-20-11-5-7-17(13-20)15-23-22-14-16-6-4-10-19(12-16)18-8-2-1-3-9-18/h4-7,10-14,18H,1-3,8-9,15H2. The van der Waals surface area contributed by atoms with Gasteiger partial charge in [-0.05, 0) is 53.6 Å². The molecule has 3 rings (SSSR count). The maximum atomic E-state index is 13.1. The molecule has 3 heteroatoms. The van der Waals surface area contributed by atoms with Crippen molar-refractivity contribution in [1.82, 2.24) is 0 Å². The predicted octanol–water partition coefficient (Wildman–Crippen LogP) is 5.42. The Labute approximate surface area is 137 Å². The molecule has 0 atom stereocenters. The Morgan fingerprint density at radius 3 is 2.70 bits per heavy atom. The summed E-state index contributed by atoms with van der Waals surface area (Å²) in [6.45, 7) is 0.274. The first-order chi connectivity index (χ1) is 11.3. The van der Waals surface area contributed by atoms with Crippen molar-refractivity contribution in [2.45, 2.75) is 44.6 Å². The minimum Gasteiger partial charge on any atom is -0.391 e. The van der Waals surface area contributed by atoms with Gasteiger partial charge in [0.2, 0.25) is 0 Å². The molecule has 0 radical (unpaired) electrons. The number of rotatable bonds is 5. The molecule has 0 amide bonds. The smallest absolute Gasteiger partial charge is 0.142 e. The van der Waals surface area contributed by atoms with Crippen molar-refractivity contribution in [2.24, 2.45) is 5.16 Å². The van der Waals surface area contributed by atoms with Crippen LogP contribution < -0.4 is 0 Å². The first kappa shape index (κ1) is 15.7. The molecule has 2 aromatic rings. The average molecular weight is 311 g/mol. The molecule has 0 spiro atoms. The molecule has 0 aliphatic heterocycles. The Bertz CT molecular complexity index is 662. The summed E-state index contributed by atoms with van der Waals surface area (Å²) in [5.41, 5.74) is 3.23. The highest BCUT2D eigenvalue weighted by Gasteiger charge is 2.15. The van der Waals surface area contributed by atoms with E-state index in [4.69, 9.17) is 4.84 Å². The van der Waals surface area contributed by atoms with Crippen molar-refractivity contribution < 1.29 is 9.23 Å². The predicted molar refractivity (Wildman–Crippen MR) is 91.1 cm³/mol. The van der Waals surface area contributed by atoms with Crippen LogP contribution in [0.1, 0.15) is 54.7 Å². The van der Waals surface area contributed by atoms with E-state index in [2.05, 4.69) is 23.4 Å². The van der Waals surface area contributed by atoms with E-state index in [9.17, 15) is 4.39 Å². The van der Waals surface area contributed by atoms with Crippen LogP contribution in [0.2, 0.25) is 0 Å². The molecule has 2 nitrogen and oxygen atoms in total. The zero-order chi connectivity index (χ0) is 15.9. The number of hydrogen-bond acceptors (Lipinski definition) is 2. The number of benzene rings is 2. The van der Waals surface area contributed by atoms with Crippen LogP contribution in [0.15, 0.2) is 53.7 Å². The van der Waals surface area contributed by atoms with Crippen LogP contribution in [-0.4, -0.2) is 6.21 Å². The highest BCUT2D eigenvalue weighted by molar-refractivity contribution is 5.79. The van der Waals surface area contributed by atoms with Gasteiger partial charge in [-0.25, -0.2) is 4.39 Å². The Balaban J connectivity index is 1.57. The van der Waals surface area contributed by atoms with Crippen molar-refractivity contribution in [3.8, 4) is 0 Å². The Hall–Kier alpha value is -2.16. The molecule has 0 heterocycles. The molecule has 1 aliphatic carbocycles. The summed E-state index contributed by atoms with van der Waals surface area (Å²) in [6, 6.07) is 14.9. The molecule has 0 N–H and O–H groups in total. The van der Waals surface area contributed by atoms with E-state index in [1.165, 1.54) is 49.8 Å². The largest absolute Gasteiger partial charge is 0.391 e.